The van der Waals surface area contributed by atoms with E-state index in [2.05, 4.69) is 18.3 Å². The second kappa shape index (κ2) is 9.31. The van der Waals surface area contributed by atoms with E-state index in [4.69, 9.17) is 14.7 Å². The van der Waals surface area contributed by atoms with Crippen LogP contribution in [0.2, 0.25) is 0 Å². The molecule has 2 heterocycles. The topological polar surface area (TPSA) is 64.1 Å². The maximum Gasteiger partial charge on any atom is 0.234 e. The Morgan fingerprint density at radius 3 is 2.50 bits per heavy atom. The predicted octanol–water partition coefficient (Wildman–Crippen LogP) is 6.50. The molecule has 1 aromatic heterocycles. The van der Waals surface area contributed by atoms with Gasteiger partial charge in [-0.05, 0) is 43.5 Å². The Hall–Kier alpha value is -3.64. The van der Waals surface area contributed by atoms with Crippen molar-refractivity contribution in [3.63, 3.8) is 0 Å². The number of nitrogens with zero attached hydrogens (tertiary/aromatic N) is 2. The van der Waals surface area contributed by atoms with Gasteiger partial charge in [0.15, 0.2) is 5.82 Å². The molecule has 1 aliphatic rings. The Kier molecular flexibility index (Phi) is 6.07. The molecule has 0 bridgehead atoms. The minimum Gasteiger partial charge on any atom is -0.438 e. The average molecular weight is 468 g/mol. The summed E-state index contributed by atoms with van der Waals surface area (Å²) in [5.74, 6) is 2.19. The van der Waals surface area contributed by atoms with Crippen molar-refractivity contribution < 1.29 is 9.53 Å². The van der Waals surface area contributed by atoms with E-state index in [0.717, 1.165) is 44.3 Å². The highest BCUT2D eigenvalue weighted by Gasteiger charge is 2.25. The normalized spacial score (nSPS) is 11.9. The number of anilines is 1. The van der Waals surface area contributed by atoms with Gasteiger partial charge >= 0.3 is 0 Å². The van der Waals surface area contributed by atoms with Crippen LogP contribution in [-0.4, -0.2) is 21.6 Å². The number of aryl methyl sites for hydroxylation is 3. The quantitative estimate of drug-likeness (QED) is 0.236. The van der Waals surface area contributed by atoms with Crippen LogP contribution < -0.4 is 10.1 Å². The Morgan fingerprint density at radius 2 is 1.71 bits per heavy atom. The van der Waals surface area contributed by atoms with E-state index in [1.165, 1.54) is 17.3 Å². The standard InChI is InChI=1S/C28H25N3O2S/c1-17-11-13-20(14-12-17)26-30-27-22(15-21-9-6-8-19(3)25(21)33-27)28(31-26)34-16-24(32)29-23-10-5-4-7-18(23)2/h4-14H,15-16H2,1-3H3,(H,29,32). The molecule has 0 saturated heterocycles. The number of rotatable bonds is 5. The van der Waals surface area contributed by atoms with Crippen LogP contribution in [0.15, 0.2) is 71.8 Å². The first-order valence-electron chi connectivity index (χ1n) is 11.2. The molecule has 34 heavy (non-hydrogen) atoms. The van der Waals surface area contributed by atoms with Crippen molar-refractivity contribution in [2.75, 3.05) is 11.1 Å². The van der Waals surface area contributed by atoms with Crippen molar-refractivity contribution in [2.24, 2.45) is 0 Å². The summed E-state index contributed by atoms with van der Waals surface area (Å²) in [6.45, 7) is 6.07. The number of para-hydroxylation sites is 2. The number of carbonyl (C=O) groups is 1. The smallest absolute Gasteiger partial charge is 0.234 e. The molecule has 5 rings (SSSR count). The van der Waals surface area contributed by atoms with Gasteiger partial charge in [0.2, 0.25) is 11.8 Å². The number of nitrogens with one attached hydrogen (secondary N) is 1. The van der Waals surface area contributed by atoms with Crippen LogP contribution in [-0.2, 0) is 11.2 Å². The molecular formula is C28H25N3O2S. The lowest BCUT2D eigenvalue weighted by molar-refractivity contribution is -0.113. The molecule has 170 valence electrons. The van der Waals surface area contributed by atoms with Crippen molar-refractivity contribution >= 4 is 23.4 Å². The van der Waals surface area contributed by atoms with Gasteiger partial charge in [0.05, 0.1) is 11.3 Å². The third-order valence-electron chi connectivity index (χ3n) is 5.86. The van der Waals surface area contributed by atoms with Gasteiger partial charge in [0.25, 0.3) is 0 Å². The van der Waals surface area contributed by atoms with Crippen molar-refractivity contribution in [3.05, 3.63) is 94.5 Å². The minimum absolute atomic E-state index is 0.0727. The zero-order chi connectivity index (χ0) is 23.7. The van der Waals surface area contributed by atoms with Gasteiger partial charge < -0.3 is 10.1 Å². The molecule has 1 amide bonds. The molecule has 0 spiro atoms. The van der Waals surface area contributed by atoms with Gasteiger partial charge in [-0.2, -0.15) is 4.98 Å². The number of aromatic nitrogens is 2. The molecule has 4 aromatic rings. The summed E-state index contributed by atoms with van der Waals surface area (Å²) in [5, 5.41) is 3.77. The van der Waals surface area contributed by atoms with E-state index in [1.807, 2.05) is 74.5 Å². The summed E-state index contributed by atoms with van der Waals surface area (Å²) in [6.07, 6.45) is 0.669. The summed E-state index contributed by atoms with van der Waals surface area (Å²) in [7, 11) is 0. The van der Waals surface area contributed by atoms with Crippen molar-refractivity contribution in [1.29, 1.82) is 0 Å². The summed E-state index contributed by atoms with van der Waals surface area (Å²) >= 11 is 1.42. The number of hydrogen-bond donors (Lipinski definition) is 1. The highest BCUT2D eigenvalue weighted by Crippen LogP contribution is 2.41. The van der Waals surface area contributed by atoms with Crippen LogP contribution in [0.5, 0.6) is 11.6 Å². The highest BCUT2D eigenvalue weighted by molar-refractivity contribution is 8.00. The van der Waals surface area contributed by atoms with E-state index >= 15 is 0 Å². The van der Waals surface area contributed by atoms with E-state index in [0.29, 0.717) is 18.1 Å². The molecule has 0 unspecified atom stereocenters. The molecular weight excluding hydrogens is 442 g/mol. The molecule has 0 aliphatic carbocycles. The first-order valence-corrected chi connectivity index (χ1v) is 12.2. The van der Waals surface area contributed by atoms with Gasteiger partial charge in [0, 0.05) is 17.7 Å². The van der Waals surface area contributed by atoms with Crippen molar-refractivity contribution in [1.82, 2.24) is 9.97 Å². The van der Waals surface area contributed by atoms with Gasteiger partial charge in [-0.15, -0.1) is 0 Å². The number of benzene rings is 3. The molecule has 6 heteroatoms. The fraction of sp³-hybridized carbons (Fsp3) is 0.179. The van der Waals surface area contributed by atoms with E-state index in [9.17, 15) is 4.79 Å². The third kappa shape index (κ3) is 4.54. The molecule has 5 nitrogen and oxygen atoms in total. The van der Waals surface area contributed by atoms with E-state index < -0.39 is 0 Å². The maximum atomic E-state index is 12.7. The Bertz CT molecular complexity index is 1380. The molecule has 1 aliphatic heterocycles. The first kappa shape index (κ1) is 22.2. The molecule has 0 atom stereocenters. The van der Waals surface area contributed by atoms with Crippen LogP contribution in [0.1, 0.15) is 27.8 Å². The fourth-order valence-electron chi connectivity index (χ4n) is 3.95. The SMILES string of the molecule is Cc1ccc(-c2nc3c(c(SCC(=O)Nc4ccccc4C)n2)Cc2cccc(C)c2O3)cc1. The van der Waals surface area contributed by atoms with Crippen LogP contribution in [0.4, 0.5) is 5.69 Å². The lowest BCUT2D eigenvalue weighted by Gasteiger charge is -2.23. The van der Waals surface area contributed by atoms with Crippen molar-refractivity contribution in [3.8, 4) is 23.0 Å². The van der Waals surface area contributed by atoms with Gasteiger partial charge in [0.1, 0.15) is 10.8 Å². The molecule has 0 saturated carbocycles. The Balaban J connectivity index is 1.47. The monoisotopic (exact) mass is 467 g/mol. The van der Waals surface area contributed by atoms with E-state index in [-0.39, 0.29) is 11.7 Å². The Morgan fingerprint density at radius 1 is 0.941 bits per heavy atom. The minimum atomic E-state index is -0.0727. The number of carbonyl (C=O) groups excluding carboxylic acids is 1. The lowest BCUT2D eigenvalue weighted by atomic mass is 10.0. The summed E-state index contributed by atoms with van der Waals surface area (Å²) in [6, 6.07) is 22.0. The van der Waals surface area contributed by atoms with Crippen LogP contribution in [0, 0.1) is 20.8 Å². The largest absolute Gasteiger partial charge is 0.438 e. The lowest BCUT2D eigenvalue weighted by Crippen LogP contribution is -2.16. The second-order valence-electron chi connectivity index (χ2n) is 8.50. The summed E-state index contributed by atoms with van der Waals surface area (Å²) in [4.78, 5) is 22.4. The third-order valence-corrected chi connectivity index (χ3v) is 6.88. The zero-order valence-corrected chi connectivity index (χ0v) is 20.2. The first-order chi connectivity index (χ1) is 16.5. The molecule has 0 fully saturated rings. The van der Waals surface area contributed by atoms with Crippen molar-refractivity contribution in [2.45, 2.75) is 32.2 Å². The van der Waals surface area contributed by atoms with Gasteiger partial charge in [-0.25, -0.2) is 4.98 Å². The average Bonchev–Trinajstić information content (AvgIpc) is 2.84. The molecule has 1 N–H and O–H groups in total. The Labute approximate surface area is 203 Å². The highest BCUT2D eigenvalue weighted by atomic mass is 32.2. The molecule has 3 aromatic carbocycles. The number of ether oxygens (including phenoxy) is 1. The van der Waals surface area contributed by atoms with Crippen LogP contribution in [0.25, 0.3) is 11.4 Å². The van der Waals surface area contributed by atoms with Crippen LogP contribution >= 0.6 is 11.8 Å². The predicted molar refractivity (Wildman–Crippen MR) is 137 cm³/mol. The van der Waals surface area contributed by atoms with E-state index in [1.54, 1.807) is 0 Å². The number of hydrogen-bond acceptors (Lipinski definition) is 5. The fourth-order valence-corrected chi connectivity index (χ4v) is 4.77. The van der Waals surface area contributed by atoms with Crippen LogP contribution in [0.3, 0.4) is 0 Å². The zero-order valence-electron chi connectivity index (χ0n) is 19.4. The van der Waals surface area contributed by atoms with Gasteiger partial charge in [-0.3, -0.25) is 4.79 Å². The maximum absolute atomic E-state index is 12.7. The van der Waals surface area contributed by atoms with Gasteiger partial charge in [-0.1, -0.05) is 78.0 Å². The molecule has 0 radical (unpaired) electrons. The second-order valence-corrected chi connectivity index (χ2v) is 9.46. The summed E-state index contributed by atoms with van der Waals surface area (Å²) < 4.78 is 6.29. The number of thioether (sulfide) groups is 1. The number of amides is 1. The number of fused-ring (bicyclic) bond motifs is 2. The summed E-state index contributed by atoms with van der Waals surface area (Å²) in [5.41, 5.74) is 7.04.